The summed E-state index contributed by atoms with van der Waals surface area (Å²) in [4.78, 5) is 12.5. The Morgan fingerprint density at radius 2 is 2.00 bits per heavy atom. The number of halogens is 2. The molecule has 28 heavy (non-hydrogen) atoms. The van der Waals surface area contributed by atoms with E-state index in [4.69, 9.17) is 16.3 Å². The maximum Gasteiger partial charge on any atom is 0.263 e. The average Bonchev–Trinajstić information content (AvgIpc) is 2.64. The van der Waals surface area contributed by atoms with Crippen LogP contribution in [0, 0.1) is 5.82 Å². The van der Waals surface area contributed by atoms with Crippen LogP contribution in [-0.2, 0) is 21.2 Å². The molecule has 1 heterocycles. The Kier molecular flexibility index (Phi) is 6.10. The van der Waals surface area contributed by atoms with E-state index in [2.05, 4.69) is 5.32 Å². The molecule has 1 atom stereocenters. The molecule has 0 saturated heterocycles. The Labute approximate surface area is 168 Å². The molecule has 1 N–H and O–H groups in total. The van der Waals surface area contributed by atoms with Crippen LogP contribution >= 0.6 is 11.6 Å². The molecule has 0 aliphatic carbocycles. The van der Waals surface area contributed by atoms with Gasteiger partial charge in [-0.15, -0.1) is 0 Å². The second-order valence-corrected chi connectivity index (χ2v) is 8.88. The van der Waals surface area contributed by atoms with Gasteiger partial charge in [-0.25, -0.2) is 12.8 Å². The highest BCUT2D eigenvalue weighted by Crippen LogP contribution is 2.37. The molecule has 9 heteroatoms. The number of fused-ring (bicyclic) bond motifs is 1. The minimum Gasteiger partial charge on any atom is -0.476 e. The summed E-state index contributed by atoms with van der Waals surface area (Å²) in [7, 11) is -3.60. The monoisotopic (exact) mass is 426 g/mol. The summed E-state index contributed by atoms with van der Waals surface area (Å²) in [6.45, 7) is 0.262. The van der Waals surface area contributed by atoms with E-state index in [9.17, 15) is 17.6 Å². The lowest BCUT2D eigenvalue weighted by Crippen LogP contribution is -2.50. The number of amides is 1. The number of anilines is 1. The van der Waals surface area contributed by atoms with E-state index in [0.717, 1.165) is 16.1 Å². The molecule has 2 aromatic carbocycles. The summed E-state index contributed by atoms with van der Waals surface area (Å²) in [5.41, 5.74) is 1.29. The average molecular weight is 427 g/mol. The summed E-state index contributed by atoms with van der Waals surface area (Å²) in [6.07, 6.45) is 1.45. The Morgan fingerprint density at radius 3 is 2.68 bits per heavy atom. The van der Waals surface area contributed by atoms with E-state index < -0.39 is 22.0 Å². The van der Waals surface area contributed by atoms with Gasteiger partial charge in [-0.2, -0.15) is 0 Å². The first-order valence-corrected chi connectivity index (χ1v) is 10.9. The fourth-order valence-electron chi connectivity index (χ4n) is 2.94. The van der Waals surface area contributed by atoms with Crippen molar-refractivity contribution >= 4 is 33.2 Å². The van der Waals surface area contributed by atoms with Crippen molar-refractivity contribution in [3.63, 3.8) is 0 Å². The fraction of sp³-hybridized carbons (Fsp3) is 0.316. The summed E-state index contributed by atoms with van der Waals surface area (Å²) in [5.74, 6) is -0.399. The highest BCUT2D eigenvalue weighted by molar-refractivity contribution is 7.92. The van der Waals surface area contributed by atoms with Crippen molar-refractivity contribution in [1.82, 2.24) is 5.32 Å². The molecule has 0 fully saturated rings. The number of benzene rings is 2. The van der Waals surface area contributed by atoms with Crippen molar-refractivity contribution < 1.29 is 22.3 Å². The first-order valence-electron chi connectivity index (χ1n) is 8.70. The highest BCUT2D eigenvalue weighted by atomic mass is 35.5. The predicted octanol–water partition coefficient (Wildman–Crippen LogP) is 2.76. The zero-order valence-electron chi connectivity index (χ0n) is 15.2. The summed E-state index contributed by atoms with van der Waals surface area (Å²) < 4.78 is 44.0. The zero-order chi connectivity index (χ0) is 20.3. The standard InChI is InChI=1S/C19H20ClFN2O4S/c1-28(25,26)23-12-18(27-17-9-6-14(20)11-16(17)23)19(24)22-10-2-3-13-4-7-15(21)8-5-13/h4-9,11,18H,2-3,10,12H2,1H3,(H,22,24)/t18-/m0/s1. The minimum absolute atomic E-state index is 0.129. The van der Waals surface area contributed by atoms with Crippen molar-refractivity contribution in [2.45, 2.75) is 18.9 Å². The zero-order valence-corrected chi connectivity index (χ0v) is 16.8. The number of hydrogen-bond donors (Lipinski definition) is 1. The highest BCUT2D eigenvalue weighted by Gasteiger charge is 2.35. The summed E-state index contributed by atoms with van der Waals surface area (Å²) >= 11 is 5.96. The number of hydrogen-bond acceptors (Lipinski definition) is 4. The lowest BCUT2D eigenvalue weighted by molar-refractivity contribution is -0.127. The van der Waals surface area contributed by atoms with Gasteiger partial charge in [-0.1, -0.05) is 23.7 Å². The second kappa shape index (κ2) is 8.36. The van der Waals surface area contributed by atoms with Gasteiger partial charge in [-0.3, -0.25) is 9.10 Å². The number of sulfonamides is 1. The van der Waals surface area contributed by atoms with E-state index >= 15 is 0 Å². The molecule has 1 aliphatic rings. The van der Waals surface area contributed by atoms with E-state index in [1.54, 1.807) is 24.3 Å². The molecule has 6 nitrogen and oxygen atoms in total. The SMILES string of the molecule is CS(=O)(=O)N1C[C@@H](C(=O)NCCCc2ccc(F)cc2)Oc2ccc(Cl)cc21. The van der Waals surface area contributed by atoms with E-state index in [1.807, 2.05) is 0 Å². The van der Waals surface area contributed by atoms with Gasteiger partial charge in [0.1, 0.15) is 11.6 Å². The quantitative estimate of drug-likeness (QED) is 0.721. The molecule has 0 aromatic heterocycles. The molecule has 0 unspecified atom stereocenters. The molecule has 2 aromatic rings. The second-order valence-electron chi connectivity index (χ2n) is 6.53. The van der Waals surface area contributed by atoms with Crippen molar-refractivity contribution in [3.05, 3.63) is 58.9 Å². The molecule has 1 amide bonds. The van der Waals surface area contributed by atoms with Gasteiger partial charge in [0.2, 0.25) is 10.0 Å². The molecular formula is C19H20ClFN2O4S. The van der Waals surface area contributed by atoms with Crippen LogP contribution in [0.25, 0.3) is 0 Å². The molecule has 150 valence electrons. The van der Waals surface area contributed by atoms with Crippen LogP contribution in [0.5, 0.6) is 5.75 Å². The van der Waals surface area contributed by atoms with Crippen LogP contribution in [0.15, 0.2) is 42.5 Å². The normalized spacial score (nSPS) is 16.2. The van der Waals surface area contributed by atoms with Gasteiger partial charge in [0.25, 0.3) is 5.91 Å². The van der Waals surface area contributed by atoms with Gasteiger partial charge in [0.05, 0.1) is 18.5 Å². The largest absolute Gasteiger partial charge is 0.476 e. The number of ether oxygens (including phenoxy) is 1. The lowest BCUT2D eigenvalue weighted by Gasteiger charge is -2.34. The Hall–Kier alpha value is -2.32. The maximum atomic E-state index is 12.9. The molecule has 0 spiro atoms. The Morgan fingerprint density at radius 1 is 1.29 bits per heavy atom. The molecule has 0 saturated carbocycles. The Bertz CT molecular complexity index is 966. The minimum atomic E-state index is -3.60. The first kappa shape index (κ1) is 20.4. The number of carbonyl (C=O) groups is 1. The van der Waals surface area contributed by atoms with Gasteiger partial charge in [0.15, 0.2) is 6.10 Å². The van der Waals surface area contributed by atoms with Gasteiger partial charge in [0, 0.05) is 11.6 Å². The predicted molar refractivity (Wildman–Crippen MR) is 106 cm³/mol. The number of nitrogens with zero attached hydrogens (tertiary/aromatic N) is 1. The van der Waals surface area contributed by atoms with Crippen LogP contribution < -0.4 is 14.4 Å². The van der Waals surface area contributed by atoms with Crippen LogP contribution in [0.2, 0.25) is 5.02 Å². The number of aryl methyl sites for hydroxylation is 1. The van der Waals surface area contributed by atoms with Crippen molar-refractivity contribution in [1.29, 1.82) is 0 Å². The van der Waals surface area contributed by atoms with Crippen LogP contribution in [0.3, 0.4) is 0 Å². The number of carbonyl (C=O) groups excluding carboxylic acids is 1. The van der Waals surface area contributed by atoms with E-state index in [1.165, 1.54) is 18.2 Å². The van der Waals surface area contributed by atoms with Gasteiger partial charge >= 0.3 is 0 Å². The smallest absolute Gasteiger partial charge is 0.263 e. The number of nitrogens with one attached hydrogen (secondary N) is 1. The van der Waals surface area contributed by atoms with Gasteiger partial charge in [-0.05, 0) is 48.7 Å². The van der Waals surface area contributed by atoms with Crippen molar-refractivity contribution in [2.24, 2.45) is 0 Å². The third-order valence-electron chi connectivity index (χ3n) is 4.34. The van der Waals surface area contributed by atoms with Crippen molar-refractivity contribution in [2.75, 3.05) is 23.7 Å². The molecule has 1 aliphatic heterocycles. The van der Waals surface area contributed by atoms with E-state index in [0.29, 0.717) is 30.1 Å². The fourth-order valence-corrected chi connectivity index (χ4v) is 4.02. The topological polar surface area (TPSA) is 75.7 Å². The van der Waals surface area contributed by atoms with Crippen LogP contribution in [-0.4, -0.2) is 39.8 Å². The Balaban J connectivity index is 1.61. The molecule has 3 rings (SSSR count). The summed E-state index contributed by atoms with van der Waals surface area (Å²) in [6, 6.07) is 10.8. The van der Waals surface area contributed by atoms with Crippen LogP contribution in [0.1, 0.15) is 12.0 Å². The summed E-state index contributed by atoms with van der Waals surface area (Å²) in [5, 5.41) is 3.14. The third kappa shape index (κ3) is 4.94. The lowest BCUT2D eigenvalue weighted by atomic mass is 10.1. The third-order valence-corrected chi connectivity index (χ3v) is 5.72. The van der Waals surface area contributed by atoms with Crippen LogP contribution in [0.4, 0.5) is 10.1 Å². The maximum absolute atomic E-state index is 12.9. The molecular weight excluding hydrogens is 407 g/mol. The van der Waals surface area contributed by atoms with E-state index in [-0.39, 0.29) is 18.1 Å². The van der Waals surface area contributed by atoms with Gasteiger partial charge < -0.3 is 10.1 Å². The molecule has 0 bridgehead atoms. The first-order chi connectivity index (χ1) is 13.2. The number of rotatable bonds is 6. The molecule has 0 radical (unpaired) electrons. The van der Waals surface area contributed by atoms with Crippen molar-refractivity contribution in [3.8, 4) is 5.75 Å².